The first-order valence-electron chi connectivity index (χ1n) is 7.51. The zero-order valence-electron chi connectivity index (χ0n) is 12.7. The summed E-state index contributed by atoms with van der Waals surface area (Å²) in [7, 11) is 0. The third-order valence-corrected chi connectivity index (χ3v) is 3.75. The van der Waals surface area contributed by atoms with Crippen LogP contribution in [0.1, 0.15) is 11.3 Å². The van der Waals surface area contributed by atoms with Crippen molar-refractivity contribution >= 4 is 11.0 Å². The predicted molar refractivity (Wildman–Crippen MR) is 88.6 cm³/mol. The first-order valence-corrected chi connectivity index (χ1v) is 7.51. The Morgan fingerprint density at radius 3 is 2.79 bits per heavy atom. The molecular weight excluding hydrogens is 306 g/mol. The molecule has 0 amide bonds. The number of hydrogen-bond donors (Lipinski definition) is 3. The van der Waals surface area contributed by atoms with Crippen LogP contribution < -0.4 is 11.0 Å². The average molecular weight is 321 g/mol. The van der Waals surface area contributed by atoms with Crippen LogP contribution in [0.4, 0.5) is 0 Å². The summed E-state index contributed by atoms with van der Waals surface area (Å²) < 4.78 is 1.54. The Morgan fingerprint density at radius 2 is 2.00 bits per heavy atom. The molecule has 0 aliphatic rings. The molecule has 0 saturated carbocycles. The molecule has 120 valence electrons. The van der Waals surface area contributed by atoms with Crippen molar-refractivity contribution in [2.45, 2.75) is 13.1 Å². The van der Waals surface area contributed by atoms with Crippen molar-refractivity contribution in [3.8, 4) is 5.69 Å². The number of nitrogens with one attached hydrogen (secondary N) is 3. The van der Waals surface area contributed by atoms with E-state index in [9.17, 15) is 4.79 Å². The number of nitrogens with zero attached hydrogens (tertiary/aromatic N) is 4. The van der Waals surface area contributed by atoms with Crippen LogP contribution in [0.15, 0.2) is 53.7 Å². The van der Waals surface area contributed by atoms with E-state index >= 15 is 0 Å². The van der Waals surface area contributed by atoms with Crippen molar-refractivity contribution in [2.24, 2.45) is 0 Å². The van der Waals surface area contributed by atoms with Crippen molar-refractivity contribution < 1.29 is 0 Å². The average Bonchev–Trinajstić information content (AvgIpc) is 3.26. The summed E-state index contributed by atoms with van der Waals surface area (Å²) in [5.74, 6) is 0. The summed E-state index contributed by atoms with van der Waals surface area (Å²) in [6.45, 7) is 1.35. The number of H-pyrrole nitrogens is 2. The summed E-state index contributed by atoms with van der Waals surface area (Å²) in [4.78, 5) is 19.1. The number of benzene rings is 1. The molecule has 8 heteroatoms. The molecular formula is C16H15N7O. The number of rotatable bonds is 5. The molecule has 0 fully saturated rings. The fourth-order valence-electron chi connectivity index (χ4n) is 2.52. The summed E-state index contributed by atoms with van der Waals surface area (Å²) in [6, 6.07) is 9.68. The molecule has 1 aromatic carbocycles. The highest BCUT2D eigenvalue weighted by Gasteiger charge is 2.05. The van der Waals surface area contributed by atoms with E-state index < -0.39 is 0 Å². The number of fused-ring (bicyclic) bond motifs is 1. The van der Waals surface area contributed by atoms with Gasteiger partial charge in [-0.3, -0.25) is 4.57 Å². The third-order valence-electron chi connectivity index (χ3n) is 3.75. The molecule has 3 aromatic heterocycles. The van der Waals surface area contributed by atoms with Crippen LogP contribution in [0.25, 0.3) is 16.7 Å². The van der Waals surface area contributed by atoms with Gasteiger partial charge in [0.1, 0.15) is 5.65 Å². The van der Waals surface area contributed by atoms with Gasteiger partial charge in [-0.05, 0) is 23.8 Å². The Labute approximate surface area is 136 Å². The second-order valence-electron chi connectivity index (χ2n) is 5.41. The van der Waals surface area contributed by atoms with Crippen molar-refractivity contribution in [3.05, 3.63) is 70.7 Å². The van der Waals surface area contributed by atoms with E-state index in [0.29, 0.717) is 18.7 Å². The van der Waals surface area contributed by atoms with Gasteiger partial charge in [-0.2, -0.15) is 20.4 Å². The number of aromatic amines is 2. The highest BCUT2D eigenvalue weighted by atomic mass is 16.1. The normalized spacial score (nSPS) is 11.2. The highest BCUT2D eigenvalue weighted by molar-refractivity contribution is 5.74. The lowest BCUT2D eigenvalue weighted by molar-refractivity contribution is 0.677. The van der Waals surface area contributed by atoms with Gasteiger partial charge in [0.2, 0.25) is 0 Å². The Morgan fingerprint density at radius 1 is 1.12 bits per heavy atom. The van der Waals surface area contributed by atoms with Gasteiger partial charge in [-0.25, -0.2) is 4.79 Å². The van der Waals surface area contributed by atoms with E-state index in [1.54, 1.807) is 23.2 Å². The van der Waals surface area contributed by atoms with E-state index in [1.807, 2.05) is 30.3 Å². The van der Waals surface area contributed by atoms with Gasteiger partial charge in [-0.15, -0.1) is 0 Å². The second kappa shape index (κ2) is 6.09. The molecule has 0 radical (unpaired) electrons. The molecule has 0 spiro atoms. The Balaban J connectivity index is 1.50. The first kappa shape index (κ1) is 14.3. The monoisotopic (exact) mass is 321 g/mol. The third kappa shape index (κ3) is 2.82. The molecule has 24 heavy (non-hydrogen) atoms. The minimum absolute atomic E-state index is 0.304. The van der Waals surface area contributed by atoms with Crippen LogP contribution in [-0.4, -0.2) is 29.9 Å². The fraction of sp³-hybridized carbons (Fsp3) is 0.125. The maximum absolute atomic E-state index is 12.1. The zero-order valence-corrected chi connectivity index (χ0v) is 12.7. The summed E-state index contributed by atoms with van der Waals surface area (Å²) in [5, 5.41) is 14.5. The van der Waals surface area contributed by atoms with Gasteiger partial charge in [0.05, 0.1) is 17.6 Å². The Kier molecular flexibility index (Phi) is 3.64. The molecule has 3 N–H and O–H groups in total. The lowest BCUT2D eigenvalue weighted by Gasteiger charge is -2.07. The molecule has 8 nitrogen and oxygen atoms in total. The topological polar surface area (TPSA) is 104 Å². The van der Waals surface area contributed by atoms with E-state index in [1.165, 1.54) is 0 Å². The molecule has 0 saturated heterocycles. The molecule has 4 aromatic rings. The van der Waals surface area contributed by atoms with Gasteiger partial charge >= 0.3 is 5.69 Å². The Bertz CT molecular complexity index is 999. The van der Waals surface area contributed by atoms with Crippen LogP contribution in [-0.2, 0) is 13.1 Å². The number of hydrogen-bond acceptors (Lipinski definition) is 5. The van der Waals surface area contributed by atoms with Crippen LogP contribution in [0.2, 0.25) is 0 Å². The predicted octanol–water partition coefficient (Wildman–Crippen LogP) is 1.12. The smallest absolute Gasteiger partial charge is 0.346 e. The van der Waals surface area contributed by atoms with Gasteiger partial charge in [-0.1, -0.05) is 12.1 Å². The van der Waals surface area contributed by atoms with Crippen molar-refractivity contribution in [1.82, 2.24) is 35.3 Å². The van der Waals surface area contributed by atoms with Gasteiger partial charge < -0.3 is 10.3 Å². The number of aromatic nitrogens is 6. The highest BCUT2D eigenvalue weighted by Crippen LogP contribution is 2.11. The van der Waals surface area contributed by atoms with E-state index in [4.69, 9.17) is 0 Å². The quantitative estimate of drug-likeness (QED) is 0.511. The molecule has 0 unspecified atom stereocenters. The minimum atomic E-state index is -0.304. The lowest BCUT2D eigenvalue weighted by Crippen LogP contribution is -2.20. The van der Waals surface area contributed by atoms with Crippen molar-refractivity contribution in [1.29, 1.82) is 0 Å². The molecule has 0 atom stereocenters. The van der Waals surface area contributed by atoms with Gasteiger partial charge in [0.25, 0.3) is 0 Å². The van der Waals surface area contributed by atoms with E-state index in [0.717, 1.165) is 22.3 Å². The minimum Gasteiger partial charge on any atom is -0.346 e. The molecule has 0 aliphatic heterocycles. The molecule has 3 heterocycles. The fourth-order valence-corrected chi connectivity index (χ4v) is 2.52. The SMILES string of the molecule is O=c1nc2[nH]ccc2cn1-c1ccc(CNCc2cn[nH]n2)cc1. The summed E-state index contributed by atoms with van der Waals surface area (Å²) >= 11 is 0. The standard InChI is InChI=1S/C16H15N7O/c24-16-20-15-12(5-6-18-15)10-23(16)14-3-1-11(2-4-14)7-17-8-13-9-19-22-21-13/h1-6,9-10,17H,7-8H2,(H,18,20,24)(H,19,21,22). The van der Waals surface area contributed by atoms with Crippen LogP contribution in [0.3, 0.4) is 0 Å². The maximum atomic E-state index is 12.1. The van der Waals surface area contributed by atoms with E-state index in [2.05, 4.69) is 30.7 Å². The van der Waals surface area contributed by atoms with Crippen LogP contribution >= 0.6 is 0 Å². The summed E-state index contributed by atoms with van der Waals surface area (Å²) in [5.41, 5.74) is 3.07. The maximum Gasteiger partial charge on any atom is 0.354 e. The van der Waals surface area contributed by atoms with Crippen molar-refractivity contribution in [3.63, 3.8) is 0 Å². The van der Waals surface area contributed by atoms with E-state index in [-0.39, 0.29) is 5.69 Å². The molecule has 4 rings (SSSR count). The van der Waals surface area contributed by atoms with Gasteiger partial charge in [0.15, 0.2) is 0 Å². The zero-order chi connectivity index (χ0) is 16.4. The summed E-state index contributed by atoms with van der Waals surface area (Å²) in [6.07, 6.45) is 5.25. The molecule has 0 aliphatic carbocycles. The molecule has 0 bridgehead atoms. The van der Waals surface area contributed by atoms with Crippen LogP contribution in [0.5, 0.6) is 0 Å². The largest absolute Gasteiger partial charge is 0.354 e. The van der Waals surface area contributed by atoms with Gasteiger partial charge in [0, 0.05) is 30.9 Å². The first-order chi connectivity index (χ1) is 11.8. The Hall–Kier alpha value is -3.26. The van der Waals surface area contributed by atoms with Crippen LogP contribution in [0, 0.1) is 0 Å². The lowest BCUT2D eigenvalue weighted by atomic mass is 10.2. The second-order valence-corrected chi connectivity index (χ2v) is 5.41. The van der Waals surface area contributed by atoms with Crippen molar-refractivity contribution in [2.75, 3.05) is 0 Å².